The molecule has 0 heterocycles. The van der Waals surface area contributed by atoms with Gasteiger partial charge in [-0.25, -0.2) is 0 Å². The number of rotatable bonds is 3. The minimum absolute atomic E-state index is 0. The summed E-state index contributed by atoms with van der Waals surface area (Å²) in [6.45, 7) is 2.19. The fourth-order valence-corrected chi connectivity index (χ4v) is 2.04. The largest absolute Gasteiger partial charge is 0.0836 e. The van der Waals surface area contributed by atoms with Crippen molar-refractivity contribution in [3.8, 4) is 0 Å². The summed E-state index contributed by atoms with van der Waals surface area (Å²) in [6, 6.07) is 10.6. The Morgan fingerprint density at radius 1 is 1.18 bits per heavy atom. The fourth-order valence-electron chi connectivity index (χ4n) is 2.04. The van der Waals surface area contributed by atoms with Crippen molar-refractivity contribution in [1.29, 1.82) is 0 Å². The van der Waals surface area contributed by atoms with E-state index < -0.39 is 0 Å². The molecule has 0 saturated heterocycles. The second kappa shape index (κ2) is 6.90. The molecule has 0 atom stereocenters. The Morgan fingerprint density at radius 2 is 1.94 bits per heavy atom. The molecule has 17 heavy (non-hydrogen) atoms. The highest BCUT2D eigenvalue weighted by Gasteiger charge is 2.06. The van der Waals surface area contributed by atoms with Crippen molar-refractivity contribution in [3.63, 3.8) is 0 Å². The topological polar surface area (TPSA) is 0 Å². The van der Waals surface area contributed by atoms with E-state index in [9.17, 15) is 0 Å². The van der Waals surface area contributed by atoms with E-state index in [1.165, 1.54) is 29.6 Å². The Kier molecular flexibility index (Phi) is 5.48. The summed E-state index contributed by atoms with van der Waals surface area (Å²) < 4.78 is 0. The third kappa shape index (κ3) is 3.45. The van der Waals surface area contributed by atoms with Gasteiger partial charge in [-0.15, -0.1) is 0 Å². The molecule has 0 fully saturated rings. The Hall–Kier alpha value is -1.56. The maximum Gasteiger partial charge on any atom is -0.0155 e. The van der Waals surface area contributed by atoms with Crippen molar-refractivity contribution >= 4 is 5.57 Å². The standard InChI is InChI=1S/C16H18.CH4/c1-2-9-16(14-10-5-3-6-11-14)15-12-7-4-8-13-15;/h3,5-7,9-13H,2,4,8H2,1H3;1H4/b16-9+;. The zero-order valence-corrected chi connectivity index (χ0v) is 9.82. The molecule has 1 aliphatic carbocycles. The zero-order chi connectivity index (χ0) is 11.2. The number of benzene rings is 1. The normalized spacial score (nSPS) is 15.1. The summed E-state index contributed by atoms with van der Waals surface area (Å²) in [7, 11) is 0. The van der Waals surface area contributed by atoms with Crippen LogP contribution >= 0.6 is 0 Å². The van der Waals surface area contributed by atoms with Crippen LogP contribution in [0.4, 0.5) is 0 Å². The van der Waals surface area contributed by atoms with Gasteiger partial charge in [0.15, 0.2) is 0 Å². The molecule has 0 nitrogen and oxygen atoms in total. The SMILES string of the molecule is C.CC/C=C(/C1=CCCC=C1)c1ccccc1. The van der Waals surface area contributed by atoms with Crippen LogP contribution in [-0.4, -0.2) is 0 Å². The highest BCUT2D eigenvalue weighted by molar-refractivity contribution is 5.81. The molecule has 0 heteroatoms. The minimum atomic E-state index is 0. The summed E-state index contributed by atoms with van der Waals surface area (Å²) in [5.41, 5.74) is 4.07. The molecule has 0 aromatic heterocycles. The van der Waals surface area contributed by atoms with E-state index in [1.54, 1.807) is 0 Å². The minimum Gasteiger partial charge on any atom is -0.0836 e. The van der Waals surface area contributed by atoms with Gasteiger partial charge in [0, 0.05) is 0 Å². The summed E-state index contributed by atoms with van der Waals surface area (Å²) >= 11 is 0. The lowest BCUT2D eigenvalue weighted by Gasteiger charge is -2.12. The van der Waals surface area contributed by atoms with Crippen molar-refractivity contribution in [2.24, 2.45) is 0 Å². The Labute approximate surface area is 105 Å². The monoisotopic (exact) mass is 226 g/mol. The first kappa shape index (κ1) is 13.5. The molecule has 0 N–H and O–H groups in total. The average molecular weight is 226 g/mol. The lowest BCUT2D eigenvalue weighted by molar-refractivity contribution is 1.03. The molecule has 0 unspecified atom stereocenters. The van der Waals surface area contributed by atoms with Crippen LogP contribution in [0, 0.1) is 0 Å². The van der Waals surface area contributed by atoms with Crippen LogP contribution in [0.2, 0.25) is 0 Å². The molecule has 1 aromatic carbocycles. The Balaban J connectivity index is 0.00000144. The molecule has 0 amide bonds. The molecule has 0 radical (unpaired) electrons. The molecule has 0 bridgehead atoms. The summed E-state index contributed by atoms with van der Waals surface area (Å²) in [6.07, 6.45) is 12.6. The van der Waals surface area contributed by atoms with Crippen molar-refractivity contribution < 1.29 is 0 Å². The van der Waals surface area contributed by atoms with Gasteiger partial charge in [-0.3, -0.25) is 0 Å². The van der Waals surface area contributed by atoms with Gasteiger partial charge in [0.25, 0.3) is 0 Å². The van der Waals surface area contributed by atoms with Crippen LogP contribution < -0.4 is 0 Å². The quantitative estimate of drug-likeness (QED) is 0.648. The van der Waals surface area contributed by atoms with Crippen molar-refractivity contribution in [1.82, 2.24) is 0 Å². The van der Waals surface area contributed by atoms with Crippen LogP contribution in [0.25, 0.3) is 5.57 Å². The Morgan fingerprint density at radius 3 is 2.53 bits per heavy atom. The molecular formula is C17H22. The molecular weight excluding hydrogens is 204 g/mol. The van der Waals surface area contributed by atoms with E-state index in [-0.39, 0.29) is 7.43 Å². The van der Waals surface area contributed by atoms with E-state index >= 15 is 0 Å². The van der Waals surface area contributed by atoms with E-state index in [0.717, 1.165) is 6.42 Å². The lowest BCUT2D eigenvalue weighted by Crippen LogP contribution is -1.91. The van der Waals surface area contributed by atoms with Gasteiger partial charge in [-0.2, -0.15) is 0 Å². The van der Waals surface area contributed by atoms with Gasteiger partial charge < -0.3 is 0 Å². The summed E-state index contributed by atoms with van der Waals surface area (Å²) in [5.74, 6) is 0. The zero-order valence-electron chi connectivity index (χ0n) is 9.82. The van der Waals surface area contributed by atoms with E-state index in [4.69, 9.17) is 0 Å². The first-order valence-corrected chi connectivity index (χ1v) is 6.04. The van der Waals surface area contributed by atoms with Gasteiger partial charge in [0.05, 0.1) is 0 Å². The van der Waals surface area contributed by atoms with Gasteiger partial charge in [0.2, 0.25) is 0 Å². The maximum atomic E-state index is 2.34. The Bertz CT molecular complexity index is 419. The van der Waals surface area contributed by atoms with Crippen LogP contribution in [0.15, 0.2) is 60.2 Å². The van der Waals surface area contributed by atoms with Crippen molar-refractivity contribution in [3.05, 3.63) is 65.8 Å². The summed E-state index contributed by atoms with van der Waals surface area (Å²) in [4.78, 5) is 0. The van der Waals surface area contributed by atoms with Gasteiger partial charge >= 0.3 is 0 Å². The predicted octanol–water partition coefficient (Wildman–Crippen LogP) is 5.39. The molecule has 0 saturated carbocycles. The molecule has 1 aromatic rings. The molecule has 90 valence electrons. The average Bonchev–Trinajstić information content (AvgIpc) is 2.38. The highest BCUT2D eigenvalue weighted by atomic mass is 14.1. The van der Waals surface area contributed by atoms with Gasteiger partial charge in [-0.1, -0.05) is 69.0 Å². The first-order chi connectivity index (χ1) is 7.92. The maximum absolute atomic E-state index is 2.34. The van der Waals surface area contributed by atoms with Crippen LogP contribution in [0.1, 0.15) is 39.2 Å². The highest BCUT2D eigenvalue weighted by Crippen LogP contribution is 2.27. The molecule has 0 aliphatic heterocycles. The van der Waals surface area contributed by atoms with Gasteiger partial charge in [0.1, 0.15) is 0 Å². The third-order valence-electron chi connectivity index (χ3n) is 2.80. The smallest absolute Gasteiger partial charge is 0.0155 e. The number of hydrogen-bond donors (Lipinski definition) is 0. The second-order valence-corrected chi connectivity index (χ2v) is 4.03. The fraction of sp³-hybridized carbons (Fsp3) is 0.294. The third-order valence-corrected chi connectivity index (χ3v) is 2.80. The second-order valence-electron chi connectivity index (χ2n) is 4.03. The van der Waals surface area contributed by atoms with E-state index in [0.29, 0.717) is 0 Å². The van der Waals surface area contributed by atoms with Crippen molar-refractivity contribution in [2.45, 2.75) is 33.6 Å². The van der Waals surface area contributed by atoms with Crippen LogP contribution in [-0.2, 0) is 0 Å². The molecule has 0 spiro atoms. The lowest BCUT2D eigenvalue weighted by atomic mass is 9.93. The van der Waals surface area contributed by atoms with Crippen LogP contribution in [0.3, 0.4) is 0 Å². The number of allylic oxidation sites excluding steroid dienone is 6. The summed E-state index contributed by atoms with van der Waals surface area (Å²) in [5, 5.41) is 0. The predicted molar refractivity (Wildman–Crippen MR) is 77.9 cm³/mol. The van der Waals surface area contributed by atoms with E-state index in [1.807, 2.05) is 0 Å². The van der Waals surface area contributed by atoms with Gasteiger partial charge in [-0.05, 0) is 36.0 Å². The van der Waals surface area contributed by atoms with Crippen LogP contribution in [0.5, 0.6) is 0 Å². The van der Waals surface area contributed by atoms with Crippen molar-refractivity contribution in [2.75, 3.05) is 0 Å². The first-order valence-electron chi connectivity index (χ1n) is 6.04. The van der Waals surface area contributed by atoms with E-state index in [2.05, 4.69) is 61.6 Å². The molecule has 2 rings (SSSR count). The molecule has 1 aliphatic rings. The number of hydrogen-bond acceptors (Lipinski definition) is 0.